The maximum atomic E-state index is 11.6. The molecule has 0 aromatic heterocycles. The molecule has 94 heavy (non-hydrogen) atoms. The van der Waals surface area contributed by atoms with E-state index in [-0.39, 0.29) is 6.61 Å². The van der Waals surface area contributed by atoms with Gasteiger partial charge in [-0.05, 0) is 330 Å². The number of phosphoric acid groups is 2. The lowest BCUT2D eigenvalue weighted by Gasteiger charge is -2.11. The van der Waals surface area contributed by atoms with Crippen LogP contribution in [0.25, 0.3) is 0 Å². The van der Waals surface area contributed by atoms with Gasteiger partial charge in [0.15, 0.2) is 0 Å². The first-order chi connectivity index (χ1) is 44.4. The number of hydrogen-bond acceptors (Lipinski definition) is 4. The molecule has 0 bridgehead atoms. The highest BCUT2D eigenvalue weighted by Gasteiger charge is 2.31. The minimum Gasteiger partial charge on any atom is -0.302 e. The molecule has 1 atom stereocenters. The molecular weight excluding hydrogens is 1190 g/mol. The molecule has 0 heterocycles. The molecule has 0 aromatic rings. The summed E-state index contributed by atoms with van der Waals surface area (Å²) in [6.45, 7) is 40.2. The first kappa shape index (κ1) is 89.8. The molecular formula is C85H140O7P2. The summed E-state index contributed by atoms with van der Waals surface area (Å²) in [7, 11) is -9.93. The summed E-state index contributed by atoms with van der Waals surface area (Å²) in [5.41, 5.74) is 24.7. The predicted molar refractivity (Wildman–Crippen MR) is 416 cm³/mol. The quantitative estimate of drug-likeness (QED) is 0.0411. The van der Waals surface area contributed by atoms with Gasteiger partial charge in [0.05, 0.1) is 6.61 Å². The van der Waals surface area contributed by atoms with Crippen LogP contribution in [0.15, 0.2) is 198 Å². The number of hydrogen-bond donors (Lipinski definition) is 3. The van der Waals surface area contributed by atoms with Gasteiger partial charge in [0.25, 0.3) is 0 Å². The maximum Gasteiger partial charge on any atom is 0.481 e. The van der Waals surface area contributed by atoms with Crippen LogP contribution in [-0.2, 0) is 18.0 Å². The van der Waals surface area contributed by atoms with E-state index in [2.05, 4.69) is 224 Å². The molecule has 0 spiro atoms. The molecule has 0 saturated carbocycles. The van der Waals surface area contributed by atoms with Gasteiger partial charge < -0.3 is 14.7 Å². The summed E-state index contributed by atoms with van der Waals surface area (Å²) in [5.74, 6) is 0. The Morgan fingerprint density at radius 1 is 0.223 bits per heavy atom. The van der Waals surface area contributed by atoms with Crippen molar-refractivity contribution in [1.82, 2.24) is 0 Å². The SMILES string of the molecule is CC(C)=CCC/C(C)=C/CC/C(C)=C/CC/C(C)=C/CC/C(C)=C/CC/C(C)=C/CC/C(C)=C/CC/C(C)=C/CC/C(C)=C/CC/C(C)=C/CC/C(C)=C/CC/C(C)=C/CC/C(C)=C/CC/C(C)=C/CC/C(C)=C/CC/C(C)=C/CC/C(C)=C/COP(=O)(O)OP(=O)(O)O. The lowest BCUT2D eigenvalue weighted by atomic mass is 10.0. The fourth-order valence-corrected chi connectivity index (χ4v) is 12.4. The third-order valence-electron chi connectivity index (χ3n) is 17.4. The smallest absolute Gasteiger partial charge is 0.302 e. The van der Waals surface area contributed by atoms with E-state index in [1.807, 2.05) is 6.92 Å². The maximum absolute atomic E-state index is 11.6. The fraction of sp³-hybridized carbons (Fsp3) is 0.600. The number of allylic oxidation sites excluding steroid dienone is 33. The molecule has 0 rings (SSSR count). The van der Waals surface area contributed by atoms with Crippen LogP contribution < -0.4 is 0 Å². The van der Waals surface area contributed by atoms with Crippen LogP contribution >= 0.6 is 15.6 Å². The van der Waals surface area contributed by atoms with Crippen LogP contribution in [0.3, 0.4) is 0 Å². The van der Waals surface area contributed by atoms with Crippen LogP contribution in [0.1, 0.15) is 330 Å². The van der Waals surface area contributed by atoms with Crippen molar-refractivity contribution in [3.8, 4) is 0 Å². The Morgan fingerprint density at radius 2 is 0.351 bits per heavy atom. The minimum atomic E-state index is -5.12. The van der Waals surface area contributed by atoms with E-state index in [0.717, 1.165) is 185 Å². The van der Waals surface area contributed by atoms with E-state index in [4.69, 9.17) is 9.79 Å². The molecule has 532 valence electrons. The lowest BCUT2D eigenvalue weighted by molar-refractivity contribution is 0.191. The van der Waals surface area contributed by atoms with E-state index in [9.17, 15) is 14.0 Å². The second kappa shape index (κ2) is 55.8. The molecule has 1 unspecified atom stereocenters. The minimum absolute atomic E-state index is 0.276. The van der Waals surface area contributed by atoms with Crippen molar-refractivity contribution in [2.24, 2.45) is 0 Å². The van der Waals surface area contributed by atoms with E-state index >= 15 is 0 Å². The van der Waals surface area contributed by atoms with Gasteiger partial charge in [-0.25, -0.2) is 9.13 Å². The third kappa shape index (κ3) is 60.3. The summed E-state index contributed by atoms with van der Waals surface area (Å²) >= 11 is 0. The Bertz CT molecular complexity index is 2820. The highest BCUT2D eigenvalue weighted by molar-refractivity contribution is 7.60. The van der Waals surface area contributed by atoms with Crippen LogP contribution in [0, 0.1) is 0 Å². The van der Waals surface area contributed by atoms with Gasteiger partial charge in [0.1, 0.15) is 0 Å². The van der Waals surface area contributed by atoms with Crippen molar-refractivity contribution in [2.45, 2.75) is 330 Å². The van der Waals surface area contributed by atoms with Crippen molar-refractivity contribution in [1.29, 1.82) is 0 Å². The third-order valence-corrected chi connectivity index (χ3v) is 19.6. The fourth-order valence-electron chi connectivity index (χ4n) is 10.8. The summed E-state index contributed by atoms with van der Waals surface area (Å²) in [5, 5.41) is 0. The van der Waals surface area contributed by atoms with Gasteiger partial charge in [-0.2, -0.15) is 4.31 Å². The highest BCUT2D eigenvalue weighted by atomic mass is 31.3. The Hall–Kier alpha value is -4.16. The standard InChI is InChI=1S/C85H140O7P2/c1-69(2)35-19-36-70(3)37-20-38-71(4)39-21-40-72(5)41-22-42-73(6)43-23-44-74(7)45-24-46-75(8)47-25-48-76(9)49-26-50-77(10)51-27-52-78(11)53-28-54-79(12)55-29-56-80(13)57-30-58-81(14)59-31-60-82(15)61-32-62-83(16)63-33-64-84(17)65-34-66-85(18)67-68-91-94(89,90)92-93(86,87)88/h35,37,39,41,43,45,47,49,51,53,55,57,59,61,63,65,67H,19-34,36,38,40,42,44,46,48,50,52,54,56,58,60,62,64,66,68H2,1-18H3,(H,89,90)(H2,86,87,88)/b70-37+,71-39+,72-41+,73-43+,74-45+,75-47+,76-49+,77-51+,78-53+,79-55+,80-57+,81-59+,82-61+,83-63+,84-65+,85-67+. The Kier molecular flexibility index (Phi) is 53.3. The molecule has 9 heteroatoms. The second-order valence-corrected chi connectivity index (χ2v) is 30.9. The molecule has 0 aliphatic heterocycles. The lowest BCUT2D eigenvalue weighted by Crippen LogP contribution is -1.94. The first-order valence-corrected chi connectivity index (χ1v) is 39.3. The van der Waals surface area contributed by atoms with Crippen molar-refractivity contribution in [3.63, 3.8) is 0 Å². The largest absolute Gasteiger partial charge is 0.481 e. The van der Waals surface area contributed by atoms with Crippen molar-refractivity contribution in [3.05, 3.63) is 198 Å². The second-order valence-electron chi connectivity index (χ2n) is 28.0. The molecule has 0 aliphatic rings. The molecule has 0 saturated heterocycles. The molecule has 3 N–H and O–H groups in total. The van der Waals surface area contributed by atoms with E-state index in [0.29, 0.717) is 0 Å². The molecule has 7 nitrogen and oxygen atoms in total. The summed E-state index contributed by atoms with van der Waals surface area (Å²) in [6.07, 6.45) is 75.9. The van der Waals surface area contributed by atoms with Gasteiger partial charge >= 0.3 is 15.6 Å². The van der Waals surface area contributed by atoms with Crippen molar-refractivity contribution >= 4 is 15.6 Å². The molecule has 0 amide bonds. The van der Waals surface area contributed by atoms with Crippen LogP contribution in [-0.4, -0.2) is 21.3 Å². The average Bonchev–Trinajstić information content (AvgIpc) is 1.52. The summed E-state index contributed by atoms with van der Waals surface area (Å²) in [4.78, 5) is 26.8. The average molecular weight is 1340 g/mol. The van der Waals surface area contributed by atoms with E-state index < -0.39 is 15.6 Å². The monoisotopic (exact) mass is 1340 g/mol. The Morgan fingerprint density at radius 3 is 0.479 bits per heavy atom. The summed E-state index contributed by atoms with van der Waals surface area (Å²) < 4.78 is 30.8. The normalized spacial score (nSPS) is 15.8. The first-order valence-electron chi connectivity index (χ1n) is 36.3. The number of rotatable bonds is 53. The van der Waals surface area contributed by atoms with E-state index in [1.54, 1.807) is 6.08 Å². The van der Waals surface area contributed by atoms with Gasteiger partial charge in [-0.1, -0.05) is 198 Å². The predicted octanol–water partition coefficient (Wildman–Crippen LogP) is 28.8. The Balaban J connectivity index is 4.36. The van der Waals surface area contributed by atoms with Crippen LogP contribution in [0.2, 0.25) is 0 Å². The highest BCUT2D eigenvalue weighted by Crippen LogP contribution is 2.57. The van der Waals surface area contributed by atoms with Crippen molar-refractivity contribution in [2.75, 3.05) is 6.61 Å². The van der Waals surface area contributed by atoms with Crippen LogP contribution in [0.4, 0.5) is 0 Å². The zero-order valence-electron chi connectivity index (χ0n) is 63.5. The zero-order valence-corrected chi connectivity index (χ0v) is 65.3. The molecule has 0 aromatic carbocycles. The zero-order chi connectivity index (χ0) is 70.6. The van der Waals surface area contributed by atoms with Gasteiger partial charge in [-0.15, -0.1) is 0 Å². The van der Waals surface area contributed by atoms with Gasteiger partial charge in [0, 0.05) is 0 Å². The molecule has 0 radical (unpaired) electrons. The van der Waals surface area contributed by atoms with Gasteiger partial charge in [-0.3, -0.25) is 4.52 Å². The number of phosphoric ester groups is 1. The molecule has 0 aliphatic carbocycles. The summed E-state index contributed by atoms with van der Waals surface area (Å²) in [6, 6.07) is 0. The Labute approximate surface area is 579 Å². The van der Waals surface area contributed by atoms with Crippen molar-refractivity contribution < 1.29 is 32.6 Å². The topological polar surface area (TPSA) is 113 Å². The van der Waals surface area contributed by atoms with E-state index in [1.165, 1.54) is 115 Å². The molecule has 0 fully saturated rings. The van der Waals surface area contributed by atoms with Gasteiger partial charge in [0.2, 0.25) is 0 Å². The van der Waals surface area contributed by atoms with Crippen LogP contribution in [0.5, 0.6) is 0 Å².